The number of carbonyl (C=O) groups excluding carboxylic acids is 2. The van der Waals surface area contributed by atoms with Gasteiger partial charge in [-0.3, -0.25) is 9.59 Å². The number of carbonyl (C=O) groups is 2. The van der Waals surface area contributed by atoms with E-state index in [1.54, 1.807) is 13.0 Å². The summed E-state index contributed by atoms with van der Waals surface area (Å²) >= 11 is 3.39. The first-order chi connectivity index (χ1) is 10.0. The van der Waals surface area contributed by atoms with E-state index in [0.717, 1.165) is 43.4 Å². The van der Waals surface area contributed by atoms with Crippen LogP contribution >= 0.6 is 15.9 Å². The zero-order valence-corrected chi connectivity index (χ0v) is 14.1. The lowest BCUT2D eigenvalue weighted by Gasteiger charge is -2.21. The maximum atomic E-state index is 12.4. The van der Waals surface area contributed by atoms with Crippen molar-refractivity contribution >= 4 is 27.7 Å². The third-order valence-corrected chi connectivity index (χ3v) is 4.13. The molecule has 1 aromatic heterocycles. The molecule has 1 aliphatic rings. The standard InChI is InChI=1S/C15H22BrN3O2/c1-3-6-19-10-12(16)9-13(19)14(20)17-11(2)15(21)18-7-4-5-8-18/h9-11H,3-8H2,1-2H3,(H,17,20). The van der Waals surface area contributed by atoms with Crippen LogP contribution in [0.15, 0.2) is 16.7 Å². The van der Waals surface area contributed by atoms with Crippen LogP contribution < -0.4 is 5.32 Å². The number of likely N-dealkylation sites (tertiary alicyclic amines) is 1. The van der Waals surface area contributed by atoms with E-state index in [0.29, 0.717) is 5.69 Å². The van der Waals surface area contributed by atoms with Gasteiger partial charge < -0.3 is 14.8 Å². The Bertz CT molecular complexity index is 521. The Hall–Kier alpha value is -1.30. The molecule has 2 heterocycles. The van der Waals surface area contributed by atoms with Crippen LogP contribution in [-0.2, 0) is 11.3 Å². The van der Waals surface area contributed by atoms with Gasteiger partial charge in [-0.25, -0.2) is 0 Å². The highest BCUT2D eigenvalue weighted by molar-refractivity contribution is 9.10. The molecule has 0 saturated carbocycles. The van der Waals surface area contributed by atoms with Crippen molar-refractivity contribution in [1.82, 2.24) is 14.8 Å². The quantitative estimate of drug-likeness (QED) is 0.881. The minimum Gasteiger partial charge on any atom is -0.342 e. The Morgan fingerprint density at radius 2 is 2.05 bits per heavy atom. The predicted molar refractivity (Wildman–Crippen MR) is 85.2 cm³/mol. The van der Waals surface area contributed by atoms with E-state index >= 15 is 0 Å². The first-order valence-electron chi connectivity index (χ1n) is 7.48. The second kappa shape index (κ2) is 7.11. The highest BCUT2D eigenvalue weighted by Gasteiger charge is 2.25. The van der Waals surface area contributed by atoms with E-state index < -0.39 is 6.04 Å². The van der Waals surface area contributed by atoms with E-state index in [2.05, 4.69) is 28.2 Å². The molecule has 1 unspecified atom stereocenters. The number of nitrogens with zero attached hydrogens (tertiary/aromatic N) is 2. The van der Waals surface area contributed by atoms with Gasteiger partial charge in [-0.2, -0.15) is 0 Å². The minimum absolute atomic E-state index is 0.00788. The average molecular weight is 356 g/mol. The Labute approximate surface area is 133 Å². The number of nitrogens with one attached hydrogen (secondary N) is 1. The second-order valence-electron chi connectivity index (χ2n) is 5.46. The number of hydrogen-bond donors (Lipinski definition) is 1. The molecule has 1 atom stereocenters. The summed E-state index contributed by atoms with van der Waals surface area (Å²) in [5.74, 6) is -0.192. The molecule has 5 nitrogen and oxygen atoms in total. The molecule has 21 heavy (non-hydrogen) atoms. The van der Waals surface area contributed by atoms with Gasteiger partial charge in [-0.05, 0) is 48.2 Å². The monoisotopic (exact) mass is 355 g/mol. The van der Waals surface area contributed by atoms with Gasteiger partial charge in [0.25, 0.3) is 5.91 Å². The largest absolute Gasteiger partial charge is 0.342 e. The first-order valence-corrected chi connectivity index (χ1v) is 8.27. The third kappa shape index (κ3) is 3.87. The van der Waals surface area contributed by atoms with Gasteiger partial charge in [-0.1, -0.05) is 6.92 Å². The van der Waals surface area contributed by atoms with Crippen LogP contribution in [0.2, 0.25) is 0 Å². The molecule has 1 aliphatic heterocycles. The van der Waals surface area contributed by atoms with Gasteiger partial charge in [0.2, 0.25) is 5.91 Å². The van der Waals surface area contributed by atoms with Crippen LogP contribution in [0.5, 0.6) is 0 Å². The van der Waals surface area contributed by atoms with E-state index in [1.807, 2.05) is 15.7 Å². The maximum absolute atomic E-state index is 12.4. The molecule has 1 aromatic rings. The molecule has 1 fully saturated rings. The molecule has 2 amide bonds. The average Bonchev–Trinajstić information content (AvgIpc) is 3.08. The van der Waals surface area contributed by atoms with Gasteiger partial charge >= 0.3 is 0 Å². The number of hydrogen-bond acceptors (Lipinski definition) is 2. The lowest BCUT2D eigenvalue weighted by molar-refractivity contribution is -0.131. The summed E-state index contributed by atoms with van der Waals surface area (Å²) < 4.78 is 2.78. The van der Waals surface area contributed by atoms with Crippen molar-refractivity contribution in [2.45, 2.75) is 45.7 Å². The minimum atomic E-state index is -0.487. The molecule has 116 valence electrons. The van der Waals surface area contributed by atoms with E-state index in [4.69, 9.17) is 0 Å². The molecule has 0 radical (unpaired) electrons. The van der Waals surface area contributed by atoms with Crippen LogP contribution in [0.4, 0.5) is 0 Å². The molecule has 0 aliphatic carbocycles. The molecule has 1 N–H and O–H groups in total. The Morgan fingerprint density at radius 1 is 1.38 bits per heavy atom. The lowest BCUT2D eigenvalue weighted by atomic mass is 10.2. The molecule has 0 bridgehead atoms. The zero-order valence-electron chi connectivity index (χ0n) is 12.6. The van der Waals surface area contributed by atoms with E-state index in [1.165, 1.54) is 0 Å². The van der Waals surface area contributed by atoms with Crippen LogP contribution in [0, 0.1) is 0 Å². The predicted octanol–water partition coefficient (Wildman–Crippen LogP) is 2.40. The smallest absolute Gasteiger partial charge is 0.268 e. The summed E-state index contributed by atoms with van der Waals surface area (Å²) in [6, 6.07) is 1.30. The third-order valence-electron chi connectivity index (χ3n) is 3.70. The lowest BCUT2D eigenvalue weighted by Crippen LogP contribution is -2.46. The van der Waals surface area contributed by atoms with Crippen LogP contribution in [-0.4, -0.2) is 40.4 Å². The fourth-order valence-electron chi connectivity index (χ4n) is 2.63. The normalized spacial score (nSPS) is 16.0. The molecule has 2 rings (SSSR count). The Balaban J connectivity index is 2.01. The van der Waals surface area contributed by atoms with E-state index in [9.17, 15) is 9.59 Å². The molecular formula is C15H22BrN3O2. The summed E-state index contributed by atoms with van der Waals surface area (Å²) in [6.07, 6.45) is 4.95. The van der Waals surface area contributed by atoms with Crippen LogP contribution in [0.25, 0.3) is 0 Å². The van der Waals surface area contributed by atoms with Crippen molar-refractivity contribution in [3.05, 3.63) is 22.4 Å². The SMILES string of the molecule is CCCn1cc(Br)cc1C(=O)NC(C)C(=O)N1CCCC1. The van der Waals surface area contributed by atoms with Crippen molar-refractivity contribution < 1.29 is 9.59 Å². The number of aryl methyl sites for hydroxylation is 1. The van der Waals surface area contributed by atoms with Crippen LogP contribution in [0.1, 0.15) is 43.6 Å². The fraction of sp³-hybridized carbons (Fsp3) is 0.600. The summed E-state index contributed by atoms with van der Waals surface area (Å²) in [4.78, 5) is 26.4. The van der Waals surface area contributed by atoms with Gasteiger partial charge in [0.15, 0.2) is 0 Å². The number of amides is 2. The van der Waals surface area contributed by atoms with Gasteiger partial charge in [0.05, 0.1) is 0 Å². The number of aromatic nitrogens is 1. The van der Waals surface area contributed by atoms with Crippen molar-refractivity contribution in [3.63, 3.8) is 0 Å². The van der Waals surface area contributed by atoms with Gasteiger partial charge in [-0.15, -0.1) is 0 Å². The molecule has 0 aromatic carbocycles. The van der Waals surface area contributed by atoms with Crippen molar-refractivity contribution in [3.8, 4) is 0 Å². The summed E-state index contributed by atoms with van der Waals surface area (Å²) in [5, 5.41) is 2.81. The number of rotatable bonds is 5. The zero-order chi connectivity index (χ0) is 15.4. The number of halogens is 1. The molecule has 1 saturated heterocycles. The fourth-order valence-corrected chi connectivity index (χ4v) is 3.10. The van der Waals surface area contributed by atoms with Crippen molar-refractivity contribution in [2.24, 2.45) is 0 Å². The highest BCUT2D eigenvalue weighted by atomic mass is 79.9. The molecule has 0 spiro atoms. The van der Waals surface area contributed by atoms with E-state index in [-0.39, 0.29) is 11.8 Å². The highest BCUT2D eigenvalue weighted by Crippen LogP contribution is 2.16. The summed E-state index contributed by atoms with van der Waals surface area (Å²) in [5.41, 5.74) is 0.588. The van der Waals surface area contributed by atoms with Crippen molar-refractivity contribution in [2.75, 3.05) is 13.1 Å². The summed E-state index contributed by atoms with van der Waals surface area (Å²) in [6.45, 7) is 6.20. The van der Waals surface area contributed by atoms with Crippen molar-refractivity contribution in [1.29, 1.82) is 0 Å². The van der Waals surface area contributed by atoms with Gasteiger partial charge in [0.1, 0.15) is 11.7 Å². The maximum Gasteiger partial charge on any atom is 0.268 e. The summed E-state index contributed by atoms with van der Waals surface area (Å²) in [7, 11) is 0. The van der Waals surface area contributed by atoms with Gasteiger partial charge in [0, 0.05) is 30.3 Å². The Kier molecular flexibility index (Phi) is 5.45. The Morgan fingerprint density at radius 3 is 2.67 bits per heavy atom. The molecule has 6 heteroatoms. The molecular weight excluding hydrogens is 334 g/mol. The topological polar surface area (TPSA) is 54.3 Å². The van der Waals surface area contributed by atoms with Crippen LogP contribution in [0.3, 0.4) is 0 Å². The second-order valence-corrected chi connectivity index (χ2v) is 6.38. The first kappa shape index (κ1) is 16.1.